The molecule has 0 saturated heterocycles. The summed E-state index contributed by atoms with van der Waals surface area (Å²) >= 11 is 0. The summed E-state index contributed by atoms with van der Waals surface area (Å²) in [6.45, 7) is 0. The lowest BCUT2D eigenvalue weighted by atomic mass is 10.1. The van der Waals surface area contributed by atoms with Crippen LogP contribution in [0.1, 0.15) is 17.9 Å². The summed E-state index contributed by atoms with van der Waals surface area (Å²) in [4.78, 5) is 3.92. The van der Waals surface area contributed by atoms with Gasteiger partial charge in [0, 0.05) is 18.4 Å². The molecule has 0 amide bonds. The molecule has 0 atom stereocenters. The van der Waals surface area contributed by atoms with Gasteiger partial charge in [-0.3, -0.25) is 0 Å². The lowest BCUT2D eigenvalue weighted by molar-refractivity contribution is -0.137. The number of aromatic nitrogens is 2. The summed E-state index contributed by atoms with van der Waals surface area (Å²) in [5.74, 6) is 2.54. The third-order valence-corrected chi connectivity index (χ3v) is 2.42. The molecule has 2 rings (SSSR count). The van der Waals surface area contributed by atoms with Crippen molar-refractivity contribution in [2.75, 3.05) is 0 Å². The molecule has 0 aliphatic carbocycles. The molecule has 3 nitrogen and oxygen atoms in total. The Morgan fingerprint density at radius 1 is 1.26 bits per heavy atom. The molecule has 0 aliphatic rings. The van der Waals surface area contributed by atoms with Gasteiger partial charge in [0.05, 0.1) is 5.56 Å². The molecular weight excluding hydrogens is 257 g/mol. The first-order valence-corrected chi connectivity index (χ1v) is 5.45. The van der Waals surface area contributed by atoms with E-state index < -0.39 is 11.7 Å². The van der Waals surface area contributed by atoms with Crippen molar-refractivity contribution in [2.45, 2.75) is 19.0 Å². The summed E-state index contributed by atoms with van der Waals surface area (Å²) in [5.41, 5.74) is -0.898. The first-order valence-electron chi connectivity index (χ1n) is 5.45. The Bertz CT molecular complexity index is 611. The Morgan fingerprint density at radius 3 is 2.68 bits per heavy atom. The van der Waals surface area contributed by atoms with E-state index >= 15 is 0 Å². The highest BCUT2D eigenvalue weighted by molar-refractivity contribution is 5.60. The zero-order chi connectivity index (χ0) is 13.9. The molecule has 0 fully saturated rings. The Kier molecular flexibility index (Phi) is 3.56. The van der Waals surface area contributed by atoms with Gasteiger partial charge in [-0.1, -0.05) is 23.4 Å². The van der Waals surface area contributed by atoms with E-state index in [-0.39, 0.29) is 17.3 Å². The Labute approximate surface area is 107 Å². The minimum Gasteiger partial charge on any atom is -0.339 e. The van der Waals surface area contributed by atoms with Gasteiger partial charge in [0.1, 0.15) is 0 Å². The normalized spacial score (nSPS) is 11.3. The number of halogens is 3. The second-order valence-electron chi connectivity index (χ2n) is 3.76. The zero-order valence-electron chi connectivity index (χ0n) is 9.74. The van der Waals surface area contributed by atoms with Crippen molar-refractivity contribution in [3.05, 3.63) is 35.7 Å². The summed E-state index contributed by atoms with van der Waals surface area (Å²) in [6.07, 6.45) is 1.36. The van der Waals surface area contributed by atoms with E-state index in [1.165, 1.54) is 18.2 Å². The van der Waals surface area contributed by atoms with Gasteiger partial charge in [-0.15, -0.1) is 12.3 Å². The van der Waals surface area contributed by atoms with Crippen LogP contribution in [0.15, 0.2) is 28.8 Å². The van der Waals surface area contributed by atoms with Crippen LogP contribution < -0.4 is 0 Å². The second kappa shape index (κ2) is 5.14. The van der Waals surface area contributed by atoms with Crippen LogP contribution in [0, 0.1) is 12.3 Å². The molecule has 0 spiro atoms. The Balaban J connectivity index is 2.37. The van der Waals surface area contributed by atoms with E-state index in [2.05, 4.69) is 16.1 Å². The van der Waals surface area contributed by atoms with Gasteiger partial charge in [0.25, 0.3) is 0 Å². The SMILES string of the molecule is C#CCCc1nc(-c2ccccc2C(F)(F)F)no1. The first-order chi connectivity index (χ1) is 9.02. The largest absolute Gasteiger partial charge is 0.417 e. The Morgan fingerprint density at radius 2 is 2.00 bits per heavy atom. The number of hydrogen-bond donors (Lipinski definition) is 0. The smallest absolute Gasteiger partial charge is 0.339 e. The van der Waals surface area contributed by atoms with Crippen LogP contribution in [0.5, 0.6) is 0 Å². The van der Waals surface area contributed by atoms with Gasteiger partial charge in [0.2, 0.25) is 11.7 Å². The molecule has 0 aliphatic heterocycles. The topological polar surface area (TPSA) is 38.9 Å². The molecule has 19 heavy (non-hydrogen) atoms. The molecular formula is C13H9F3N2O. The predicted molar refractivity (Wildman–Crippen MR) is 61.9 cm³/mol. The molecule has 0 saturated carbocycles. The minimum atomic E-state index is -4.46. The number of benzene rings is 1. The third kappa shape index (κ3) is 2.94. The summed E-state index contributed by atoms with van der Waals surface area (Å²) < 4.78 is 43.4. The fourth-order valence-corrected chi connectivity index (χ4v) is 1.57. The van der Waals surface area contributed by atoms with Crippen LogP contribution >= 0.6 is 0 Å². The van der Waals surface area contributed by atoms with Gasteiger partial charge < -0.3 is 4.52 Å². The third-order valence-electron chi connectivity index (χ3n) is 2.42. The van der Waals surface area contributed by atoms with Gasteiger partial charge in [-0.2, -0.15) is 18.2 Å². The van der Waals surface area contributed by atoms with Crippen molar-refractivity contribution in [2.24, 2.45) is 0 Å². The fourth-order valence-electron chi connectivity index (χ4n) is 1.57. The first kappa shape index (κ1) is 13.1. The van der Waals surface area contributed by atoms with E-state index in [1.807, 2.05) is 0 Å². The van der Waals surface area contributed by atoms with Crippen LogP contribution in [0.4, 0.5) is 13.2 Å². The van der Waals surface area contributed by atoms with Crippen LogP contribution in [-0.2, 0) is 12.6 Å². The van der Waals surface area contributed by atoms with E-state index in [9.17, 15) is 13.2 Å². The van der Waals surface area contributed by atoms with Crippen molar-refractivity contribution in [1.82, 2.24) is 10.1 Å². The average molecular weight is 266 g/mol. The highest BCUT2D eigenvalue weighted by atomic mass is 19.4. The van der Waals surface area contributed by atoms with E-state index in [0.717, 1.165) is 6.07 Å². The molecule has 0 N–H and O–H groups in total. The molecule has 1 aromatic heterocycles. The molecule has 2 aromatic rings. The standard InChI is InChI=1S/C13H9F3N2O/c1-2-3-8-11-17-12(18-19-11)9-6-4-5-7-10(9)13(14,15)16/h1,4-7H,3,8H2. The highest BCUT2D eigenvalue weighted by Crippen LogP contribution is 2.35. The number of hydrogen-bond acceptors (Lipinski definition) is 3. The van der Waals surface area contributed by atoms with Crippen LogP contribution in [-0.4, -0.2) is 10.1 Å². The number of nitrogens with zero attached hydrogens (tertiary/aromatic N) is 2. The minimum absolute atomic E-state index is 0.0834. The van der Waals surface area contributed by atoms with E-state index in [1.54, 1.807) is 0 Å². The molecule has 98 valence electrons. The predicted octanol–water partition coefficient (Wildman–Crippen LogP) is 3.32. The molecule has 0 radical (unpaired) electrons. The van der Waals surface area contributed by atoms with Crippen molar-refractivity contribution >= 4 is 0 Å². The van der Waals surface area contributed by atoms with Crippen molar-refractivity contribution in [3.63, 3.8) is 0 Å². The Hall–Kier alpha value is -2.29. The van der Waals surface area contributed by atoms with Crippen LogP contribution in [0.25, 0.3) is 11.4 Å². The van der Waals surface area contributed by atoms with Crippen LogP contribution in [0.3, 0.4) is 0 Å². The molecule has 0 bridgehead atoms. The maximum absolute atomic E-state index is 12.8. The van der Waals surface area contributed by atoms with Gasteiger partial charge >= 0.3 is 6.18 Å². The van der Waals surface area contributed by atoms with Gasteiger partial charge in [0.15, 0.2) is 0 Å². The maximum Gasteiger partial charge on any atom is 0.417 e. The fraction of sp³-hybridized carbons (Fsp3) is 0.231. The molecule has 6 heteroatoms. The summed E-state index contributed by atoms with van der Waals surface area (Å²) in [7, 11) is 0. The second-order valence-corrected chi connectivity index (χ2v) is 3.76. The number of alkyl halides is 3. The number of terminal acetylenes is 1. The maximum atomic E-state index is 12.8. The van der Waals surface area contributed by atoms with Crippen molar-refractivity contribution in [3.8, 4) is 23.7 Å². The summed E-state index contributed by atoms with van der Waals surface area (Å²) in [6, 6.07) is 5.08. The highest BCUT2D eigenvalue weighted by Gasteiger charge is 2.34. The number of aryl methyl sites for hydroxylation is 1. The van der Waals surface area contributed by atoms with Crippen molar-refractivity contribution < 1.29 is 17.7 Å². The molecule has 1 heterocycles. The average Bonchev–Trinajstić information content (AvgIpc) is 2.84. The van der Waals surface area contributed by atoms with Crippen molar-refractivity contribution in [1.29, 1.82) is 0 Å². The lowest BCUT2D eigenvalue weighted by Gasteiger charge is -2.09. The molecule has 0 unspecified atom stereocenters. The number of rotatable bonds is 3. The zero-order valence-corrected chi connectivity index (χ0v) is 9.74. The quantitative estimate of drug-likeness (QED) is 0.800. The lowest BCUT2D eigenvalue weighted by Crippen LogP contribution is -2.07. The van der Waals surface area contributed by atoms with Crippen LogP contribution in [0.2, 0.25) is 0 Å². The van der Waals surface area contributed by atoms with E-state index in [4.69, 9.17) is 10.9 Å². The summed E-state index contributed by atoms with van der Waals surface area (Å²) in [5, 5.41) is 3.56. The monoisotopic (exact) mass is 266 g/mol. The van der Waals surface area contributed by atoms with Gasteiger partial charge in [-0.05, 0) is 6.07 Å². The molecule has 1 aromatic carbocycles. The van der Waals surface area contributed by atoms with Gasteiger partial charge in [-0.25, -0.2) is 0 Å². The van der Waals surface area contributed by atoms with E-state index in [0.29, 0.717) is 12.8 Å².